The molecule has 11 aromatic carbocycles. The van der Waals surface area contributed by atoms with Crippen LogP contribution in [-0.4, -0.2) is 9.13 Å². The lowest BCUT2D eigenvalue weighted by Gasteiger charge is -2.47. The van der Waals surface area contributed by atoms with Crippen LogP contribution < -0.4 is 20.7 Å². The summed E-state index contributed by atoms with van der Waals surface area (Å²) in [5, 5.41) is 9.17. The monoisotopic (exact) mass is 952 g/mol. The van der Waals surface area contributed by atoms with Crippen LogP contribution >= 0.6 is 7.14 Å². The average Bonchev–Trinajstić information content (AvgIpc) is 4.11. The molecule has 16 rings (SSSR count). The summed E-state index contributed by atoms with van der Waals surface area (Å²) in [4.78, 5) is 0. The summed E-state index contributed by atoms with van der Waals surface area (Å²) in [6.45, 7) is 0. The molecule has 0 saturated carbocycles. The molecule has 14 aromatic rings. The Morgan fingerprint density at radius 1 is 0.342 bits per heavy atom. The lowest BCUT2D eigenvalue weighted by Crippen LogP contribution is -2.48. The molecule has 342 valence electrons. The molecule has 0 saturated heterocycles. The van der Waals surface area contributed by atoms with Crippen molar-refractivity contribution >= 4 is 88.6 Å². The quantitative estimate of drug-likeness (QED) is 0.165. The van der Waals surface area contributed by atoms with Crippen LogP contribution in [0.2, 0.25) is 0 Å². The number of aromatic nitrogens is 2. The Morgan fingerprint density at radius 2 is 0.904 bits per heavy atom. The van der Waals surface area contributed by atoms with Crippen LogP contribution in [0.3, 0.4) is 0 Å². The van der Waals surface area contributed by atoms with Crippen molar-refractivity contribution in [1.29, 1.82) is 0 Å². The summed E-state index contributed by atoms with van der Waals surface area (Å²) in [7, 11) is -3.48. The van der Waals surface area contributed by atoms with Gasteiger partial charge < -0.3 is 22.9 Å². The van der Waals surface area contributed by atoms with E-state index in [1.807, 2.05) is 54.6 Å². The maximum absolute atomic E-state index is 16.6. The van der Waals surface area contributed by atoms with Gasteiger partial charge in [0.15, 0.2) is 7.14 Å². The molecule has 5 nitrogen and oxygen atoms in total. The van der Waals surface area contributed by atoms with Gasteiger partial charge in [-0.3, -0.25) is 0 Å². The van der Waals surface area contributed by atoms with Gasteiger partial charge in [0, 0.05) is 76.8 Å². The number of hydrogen-bond donors (Lipinski definition) is 0. The molecule has 2 unspecified atom stereocenters. The second-order valence-corrected chi connectivity index (χ2v) is 22.2. The fourth-order valence-electron chi connectivity index (χ4n) is 12.8. The Morgan fingerprint density at radius 3 is 1.63 bits per heavy atom. The second kappa shape index (κ2) is 14.9. The molecule has 2 aliphatic heterocycles. The van der Waals surface area contributed by atoms with Gasteiger partial charge >= 0.3 is 0 Å². The standard InChI is InChI=1S/C67H41N2O3P/c70-73(46-19-5-2-6-20-46)65-30-16-11-25-55(65)67(56-40-52-49-23-9-14-28-61(49)71-63(52)41-66(56)73)53-24-10-15-29-62(53)72-64-39-45(33-34-54(64)67)69-58-27-13-8-22-48(58)51-38-43(32-36-60(51)69)42-31-35-59-50(37-42)47-21-7-12-26-57(47)68(59)44-17-3-1-4-18-44/h1-41H. The second-order valence-electron chi connectivity index (χ2n) is 19.5. The number of ether oxygens (including phenoxy) is 1. The van der Waals surface area contributed by atoms with E-state index < -0.39 is 12.6 Å². The van der Waals surface area contributed by atoms with Gasteiger partial charge in [-0.05, 0) is 101 Å². The zero-order chi connectivity index (χ0) is 48.0. The van der Waals surface area contributed by atoms with E-state index in [9.17, 15) is 0 Å². The molecule has 1 spiro atoms. The minimum Gasteiger partial charge on any atom is -0.457 e. The predicted octanol–water partition coefficient (Wildman–Crippen LogP) is 15.9. The van der Waals surface area contributed by atoms with Gasteiger partial charge in [-0.1, -0.05) is 164 Å². The highest BCUT2D eigenvalue weighted by atomic mass is 31.2. The highest BCUT2D eigenvalue weighted by Crippen LogP contribution is 2.62. The van der Waals surface area contributed by atoms with Crippen molar-refractivity contribution in [3.05, 3.63) is 271 Å². The van der Waals surface area contributed by atoms with Gasteiger partial charge in [0.2, 0.25) is 0 Å². The zero-order valence-corrected chi connectivity index (χ0v) is 40.1. The summed E-state index contributed by atoms with van der Waals surface area (Å²) < 4.78 is 35.1. The topological polar surface area (TPSA) is 49.3 Å². The Labute approximate surface area is 419 Å². The summed E-state index contributed by atoms with van der Waals surface area (Å²) in [6, 6.07) is 87.8. The first-order valence-corrected chi connectivity index (χ1v) is 26.5. The molecule has 5 heterocycles. The SMILES string of the molecule is O=P1(c2ccccc2)c2ccccc2C2(c3ccccc3Oc3cc(-n4c5ccccc5c5cc(-c6ccc7c(c6)c6ccccc6n7-c6ccccc6)ccc54)ccc32)c2cc3c(cc21)oc1ccccc13. The molecule has 0 N–H and O–H groups in total. The van der Waals surface area contributed by atoms with Gasteiger partial charge in [0.1, 0.15) is 22.7 Å². The van der Waals surface area contributed by atoms with Crippen LogP contribution in [0, 0.1) is 0 Å². The van der Waals surface area contributed by atoms with Crippen molar-refractivity contribution in [2.75, 3.05) is 0 Å². The summed E-state index contributed by atoms with van der Waals surface area (Å²) in [6.07, 6.45) is 0. The fraction of sp³-hybridized carbons (Fsp3) is 0.0149. The molecule has 0 fully saturated rings. The van der Waals surface area contributed by atoms with E-state index in [4.69, 9.17) is 9.15 Å². The van der Waals surface area contributed by atoms with Crippen LogP contribution in [-0.2, 0) is 9.98 Å². The zero-order valence-electron chi connectivity index (χ0n) is 39.2. The number of fused-ring (bicyclic) bond motifs is 17. The van der Waals surface area contributed by atoms with Gasteiger partial charge in [0.05, 0.1) is 27.5 Å². The van der Waals surface area contributed by atoms with Crippen molar-refractivity contribution in [1.82, 2.24) is 9.13 Å². The molecule has 2 atom stereocenters. The molecule has 6 heteroatoms. The van der Waals surface area contributed by atoms with E-state index in [0.717, 1.165) is 94.0 Å². The van der Waals surface area contributed by atoms with Crippen molar-refractivity contribution in [3.63, 3.8) is 0 Å². The van der Waals surface area contributed by atoms with Crippen LogP contribution in [0.5, 0.6) is 11.5 Å². The molecule has 0 radical (unpaired) electrons. The molecule has 0 bridgehead atoms. The third-order valence-electron chi connectivity index (χ3n) is 15.8. The molecule has 2 aliphatic rings. The van der Waals surface area contributed by atoms with E-state index in [1.165, 1.54) is 38.1 Å². The molecule has 0 amide bonds. The average molecular weight is 953 g/mol. The van der Waals surface area contributed by atoms with Gasteiger partial charge in [0.25, 0.3) is 0 Å². The lowest BCUT2D eigenvalue weighted by atomic mass is 9.63. The molecular formula is C67H41N2O3P. The summed E-state index contributed by atoms with van der Waals surface area (Å²) in [5.74, 6) is 1.51. The maximum Gasteiger partial charge on any atom is 0.171 e. The lowest BCUT2D eigenvalue weighted by molar-refractivity contribution is 0.435. The Hall–Kier alpha value is -9.15. The number of hydrogen-bond acceptors (Lipinski definition) is 3. The first-order chi connectivity index (χ1) is 36.1. The summed E-state index contributed by atoms with van der Waals surface area (Å²) in [5.41, 5.74) is 13.6. The highest BCUT2D eigenvalue weighted by Gasteiger charge is 2.55. The molecular weight excluding hydrogens is 912 g/mol. The Balaban J connectivity index is 0.915. The third-order valence-corrected chi connectivity index (χ3v) is 19.0. The highest BCUT2D eigenvalue weighted by molar-refractivity contribution is 7.85. The van der Waals surface area contributed by atoms with Crippen LogP contribution in [0.4, 0.5) is 0 Å². The minimum atomic E-state index is -3.48. The first-order valence-electron chi connectivity index (χ1n) is 24.8. The van der Waals surface area contributed by atoms with Crippen molar-refractivity contribution in [3.8, 4) is 34.0 Å². The van der Waals surface area contributed by atoms with Gasteiger partial charge in [-0.15, -0.1) is 0 Å². The number of furan rings is 1. The smallest absolute Gasteiger partial charge is 0.171 e. The normalized spacial score (nSPS) is 16.8. The van der Waals surface area contributed by atoms with E-state index >= 15 is 4.57 Å². The van der Waals surface area contributed by atoms with Crippen molar-refractivity contribution in [2.45, 2.75) is 5.41 Å². The van der Waals surface area contributed by atoms with E-state index in [1.54, 1.807) is 0 Å². The van der Waals surface area contributed by atoms with E-state index in [-0.39, 0.29) is 0 Å². The maximum atomic E-state index is 16.6. The Kier molecular flexibility index (Phi) is 8.30. The minimum absolute atomic E-state index is 0.715. The van der Waals surface area contributed by atoms with Crippen molar-refractivity contribution in [2.24, 2.45) is 0 Å². The number of benzene rings is 11. The van der Waals surface area contributed by atoms with Crippen LogP contribution in [0.25, 0.3) is 88.1 Å². The van der Waals surface area contributed by atoms with Crippen LogP contribution in [0.1, 0.15) is 22.3 Å². The number of para-hydroxylation sites is 5. The Bertz CT molecular complexity index is 4700. The molecule has 0 aliphatic carbocycles. The number of nitrogens with zero attached hydrogens (tertiary/aromatic N) is 2. The van der Waals surface area contributed by atoms with E-state index in [0.29, 0.717) is 5.58 Å². The molecule has 3 aromatic heterocycles. The molecule has 73 heavy (non-hydrogen) atoms. The largest absolute Gasteiger partial charge is 0.457 e. The first kappa shape index (κ1) is 40.6. The summed E-state index contributed by atoms with van der Waals surface area (Å²) >= 11 is 0. The third kappa shape index (κ3) is 5.44. The van der Waals surface area contributed by atoms with E-state index in [2.05, 4.69) is 203 Å². The van der Waals surface area contributed by atoms with Gasteiger partial charge in [-0.25, -0.2) is 0 Å². The fourth-order valence-corrected chi connectivity index (χ4v) is 15.9. The van der Waals surface area contributed by atoms with Gasteiger partial charge in [-0.2, -0.15) is 0 Å². The van der Waals surface area contributed by atoms with Crippen LogP contribution in [0.15, 0.2) is 253 Å². The number of rotatable bonds is 4. The predicted molar refractivity (Wildman–Crippen MR) is 299 cm³/mol. The van der Waals surface area contributed by atoms with Crippen molar-refractivity contribution < 1.29 is 13.7 Å².